The molecule has 13 rings (SSSR count). The predicted molar refractivity (Wildman–Crippen MR) is 285 cm³/mol. The van der Waals surface area contributed by atoms with Gasteiger partial charge in [0.05, 0.1) is 0 Å². The minimum atomic E-state index is 0.0439. The van der Waals surface area contributed by atoms with Crippen molar-refractivity contribution in [3.63, 3.8) is 0 Å². The molecule has 1 heteroatoms. The first-order valence-corrected chi connectivity index (χ1v) is 24.1. The van der Waals surface area contributed by atoms with Crippen LogP contribution in [-0.2, 0) is 5.41 Å². The van der Waals surface area contributed by atoms with Crippen LogP contribution in [0, 0.1) is 0 Å². The highest BCUT2D eigenvalue weighted by Gasteiger charge is 2.44. The Balaban J connectivity index is 1.10. The summed E-state index contributed by atoms with van der Waals surface area (Å²) in [7, 11) is 0. The number of hydrogen-bond donors (Lipinski definition) is 0. The number of anilines is 3. The third-order valence-electron chi connectivity index (χ3n) is 15.0. The smallest absolute Gasteiger partial charge is 0.0468 e. The average Bonchev–Trinajstić information content (AvgIpc) is 3.67. The Morgan fingerprint density at radius 2 is 0.791 bits per heavy atom. The first-order chi connectivity index (χ1) is 33.2. The lowest BCUT2D eigenvalue weighted by Crippen LogP contribution is -2.28. The second-order valence-corrected chi connectivity index (χ2v) is 18.6. The van der Waals surface area contributed by atoms with Crippen LogP contribution < -0.4 is 4.90 Å². The van der Waals surface area contributed by atoms with E-state index in [9.17, 15) is 0 Å². The van der Waals surface area contributed by atoms with E-state index >= 15 is 0 Å². The lowest BCUT2D eigenvalue weighted by atomic mass is 9.68. The van der Waals surface area contributed by atoms with Crippen LogP contribution in [0.5, 0.6) is 0 Å². The van der Waals surface area contributed by atoms with E-state index in [0.29, 0.717) is 0 Å². The van der Waals surface area contributed by atoms with E-state index in [1.165, 1.54) is 137 Å². The summed E-state index contributed by atoms with van der Waals surface area (Å²) < 4.78 is 0. The van der Waals surface area contributed by atoms with Crippen LogP contribution in [0.3, 0.4) is 0 Å². The first kappa shape index (κ1) is 39.4. The number of rotatable bonds is 7. The summed E-state index contributed by atoms with van der Waals surface area (Å²) >= 11 is 0. The van der Waals surface area contributed by atoms with Crippen molar-refractivity contribution in [2.45, 2.75) is 37.5 Å². The highest BCUT2D eigenvalue weighted by molar-refractivity contribution is 6.33. The zero-order chi connectivity index (χ0) is 44.3. The van der Waals surface area contributed by atoms with Gasteiger partial charge in [-0.05, 0) is 154 Å². The van der Waals surface area contributed by atoms with Gasteiger partial charge in [-0.15, -0.1) is 0 Å². The number of nitrogens with zero attached hydrogens (tertiary/aromatic N) is 1. The normalized spacial score (nSPS) is 13.8. The van der Waals surface area contributed by atoms with Gasteiger partial charge in [-0.3, -0.25) is 0 Å². The molecule has 0 amide bonds. The molecule has 0 aromatic heterocycles. The molecule has 0 heterocycles. The Kier molecular flexibility index (Phi) is 9.49. The van der Waals surface area contributed by atoms with Crippen LogP contribution in [0.15, 0.2) is 237 Å². The molecule has 0 saturated heterocycles. The highest BCUT2D eigenvalue weighted by Crippen LogP contribution is 2.57. The summed E-state index contributed by atoms with van der Waals surface area (Å²) in [5.41, 5.74) is 19.1. The van der Waals surface area contributed by atoms with E-state index in [-0.39, 0.29) is 5.41 Å². The minimum Gasteiger partial charge on any atom is -0.310 e. The fraction of sp³-hybridized carbons (Fsp3) is 0.0909. The van der Waals surface area contributed by atoms with Gasteiger partial charge in [0, 0.05) is 22.5 Å². The fourth-order valence-corrected chi connectivity index (χ4v) is 12.0. The van der Waals surface area contributed by atoms with Gasteiger partial charge in [-0.2, -0.15) is 0 Å². The van der Waals surface area contributed by atoms with E-state index in [4.69, 9.17) is 0 Å². The van der Waals surface area contributed by atoms with E-state index in [2.05, 4.69) is 241 Å². The van der Waals surface area contributed by atoms with E-state index in [1.807, 2.05) is 0 Å². The molecule has 0 unspecified atom stereocenters. The predicted octanol–water partition coefficient (Wildman–Crippen LogP) is 18.5. The summed E-state index contributed by atoms with van der Waals surface area (Å²) in [6.45, 7) is 0. The lowest BCUT2D eigenvalue weighted by Gasteiger charge is -2.36. The Morgan fingerprint density at radius 1 is 0.284 bits per heavy atom. The maximum atomic E-state index is 2.56. The van der Waals surface area contributed by atoms with Crippen molar-refractivity contribution in [2.24, 2.45) is 0 Å². The SMILES string of the molecule is c1ccc(-c2ccc(N(c3ccc4c(c3)C3(CCCCC3)c3ccccc3-4)c3ccc4c(c3)c3ccccc3c3c(-c5ccccc5)cc(-c5ccccc5)c(-c5ccccc5)c43)cc2)cc1. The summed E-state index contributed by atoms with van der Waals surface area (Å²) in [6.07, 6.45) is 6.22. The third kappa shape index (κ3) is 6.44. The van der Waals surface area contributed by atoms with E-state index in [0.717, 1.165) is 11.4 Å². The van der Waals surface area contributed by atoms with Crippen molar-refractivity contribution < 1.29 is 0 Å². The lowest BCUT2D eigenvalue weighted by molar-refractivity contribution is 0.353. The summed E-state index contributed by atoms with van der Waals surface area (Å²) in [5, 5.41) is 7.55. The second kappa shape index (κ2) is 16.2. The molecule has 11 aromatic rings. The number of fused-ring (bicyclic) bond motifs is 11. The van der Waals surface area contributed by atoms with Crippen molar-refractivity contribution >= 4 is 49.4 Å². The van der Waals surface area contributed by atoms with Gasteiger partial charge in [0.2, 0.25) is 0 Å². The largest absolute Gasteiger partial charge is 0.310 e. The molecule has 0 N–H and O–H groups in total. The van der Waals surface area contributed by atoms with Gasteiger partial charge in [-0.25, -0.2) is 0 Å². The highest BCUT2D eigenvalue weighted by atomic mass is 15.1. The molecule has 2 aliphatic carbocycles. The van der Waals surface area contributed by atoms with Crippen LogP contribution in [0.25, 0.3) is 88.0 Å². The molecule has 0 bridgehead atoms. The monoisotopic (exact) mass is 855 g/mol. The molecular weight excluding hydrogens is 807 g/mol. The molecular formula is C66H49N. The number of benzene rings is 11. The quantitative estimate of drug-likeness (QED) is 0.144. The molecule has 0 atom stereocenters. The van der Waals surface area contributed by atoms with Crippen LogP contribution in [0.1, 0.15) is 43.2 Å². The van der Waals surface area contributed by atoms with Gasteiger partial charge < -0.3 is 4.90 Å². The fourth-order valence-electron chi connectivity index (χ4n) is 12.0. The molecule has 318 valence electrons. The maximum absolute atomic E-state index is 2.56. The minimum absolute atomic E-state index is 0.0439. The Hall–Kier alpha value is -8.00. The van der Waals surface area contributed by atoms with E-state index < -0.39 is 0 Å². The maximum Gasteiger partial charge on any atom is 0.0468 e. The molecule has 0 aliphatic heterocycles. The Bertz CT molecular complexity index is 3620. The van der Waals surface area contributed by atoms with Gasteiger partial charge >= 0.3 is 0 Å². The van der Waals surface area contributed by atoms with Crippen LogP contribution in [0.2, 0.25) is 0 Å². The molecule has 11 aromatic carbocycles. The second-order valence-electron chi connectivity index (χ2n) is 18.6. The summed E-state index contributed by atoms with van der Waals surface area (Å²) in [4.78, 5) is 2.51. The van der Waals surface area contributed by atoms with Gasteiger partial charge in [-0.1, -0.05) is 213 Å². The number of hydrogen-bond acceptors (Lipinski definition) is 1. The molecule has 2 aliphatic rings. The van der Waals surface area contributed by atoms with Gasteiger partial charge in [0.15, 0.2) is 0 Å². The molecule has 1 saturated carbocycles. The van der Waals surface area contributed by atoms with Crippen molar-refractivity contribution in [2.75, 3.05) is 4.90 Å². The molecule has 67 heavy (non-hydrogen) atoms. The molecule has 1 fully saturated rings. The third-order valence-corrected chi connectivity index (χ3v) is 15.0. The van der Waals surface area contributed by atoms with Crippen LogP contribution in [-0.4, -0.2) is 0 Å². The zero-order valence-corrected chi connectivity index (χ0v) is 37.5. The van der Waals surface area contributed by atoms with Crippen molar-refractivity contribution in [3.8, 4) is 55.6 Å². The standard InChI is InChI=1S/C66H49N/c1-6-20-45(21-7-1)46-32-34-50(35-33-46)67(52-36-38-55-54-29-16-17-31-61(54)66(62(55)43-52)40-18-5-19-41-66)51-37-39-57-60(42-51)53-28-14-15-30-56(53)64-59(48-24-10-3-11-25-48)44-58(47-22-8-2-9-23-47)63(65(57)64)49-26-12-4-13-27-49/h1-4,6-17,20-39,42-44H,5,18-19,40-41H2. The first-order valence-electron chi connectivity index (χ1n) is 24.1. The van der Waals surface area contributed by atoms with Crippen molar-refractivity contribution in [1.82, 2.24) is 0 Å². The summed E-state index contributed by atoms with van der Waals surface area (Å²) in [6, 6.07) is 88.3. The van der Waals surface area contributed by atoms with Crippen LogP contribution >= 0.6 is 0 Å². The zero-order valence-electron chi connectivity index (χ0n) is 37.5. The molecule has 1 nitrogen and oxygen atoms in total. The van der Waals surface area contributed by atoms with Crippen molar-refractivity contribution in [3.05, 3.63) is 248 Å². The average molecular weight is 856 g/mol. The molecule has 1 spiro atoms. The van der Waals surface area contributed by atoms with Crippen molar-refractivity contribution in [1.29, 1.82) is 0 Å². The Labute approximate surface area is 393 Å². The van der Waals surface area contributed by atoms with E-state index in [1.54, 1.807) is 0 Å². The van der Waals surface area contributed by atoms with Gasteiger partial charge in [0.1, 0.15) is 0 Å². The Morgan fingerprint density at radius 3 is 1.49 bits per heavy atom. The summed E-state index contributed by atoms with van der Waals surface area (Å²) in [5.74, 6) is 0. The molecule has 0 radical (unpaired) electrons. The van der Waals surface area contributed by atoms with Crippen LogP contribution in [0.4, 0.5) is 17.1 Å². The van der Waals surface area contributed by atoms with Gasteiger partial charge in [0.25, 0.3) is 0 Å². The topological polar surface area (TPSA) is 3.24 Å².